The Labute approximate surface area is 89.1 Å². The molecule has 0 radical (unpaired) electrons. The third-order valence-corrected chi connectivity index (χ3v) is 4.75. The zero-order chi connectivity index (χ0) is 10.1. The first kappa shape index (κ1) is 9.95. The standard InChI is InChI=1S/C8H9NO3S2/c10-5-4-14-8(7(5)9(11)12)6-2-1-3-13-6/h1-3,5,7-8,10H,4H2/t5-,7+,8-/m0/s1. The highest BCUT2D eigenvalue weighted by atomic mass is 32.2. The summed E-state index contributed by atoms with van der Waals surface area (Å²) in [6, 6.07) is 2.91. The number of nitro groups is 1. The predicted molar refractivity (Wildman–Crippen MR) is 56.3 cm³/mol. The van der Waals surface area contributed by atoms with Crippen LogP contribution in [0.25, 0.3) is 0 Å². The van der Waals surface area contributed by atoms with Gasteiger partial charge in [-0.05, 0) is 11.4 Å². The molecule has 1 N–H and O–H groups in total. The summed E-state index contributed by atoms with van der Waals surface area (Å²) >= 11 is 2.97. The van der Waals surface area contributed by atoms with Crippen LogP contribution in [0.5, 0.6) is 0 Å². The van der Waals surface area contributed by atoms with Crippen LogP contribution in [0, 0.1) is 10.1 Å². The molecule has 2 rings (SSSR count). The van der Waals surface area contributed by atoms with Crippen LogP contribution in [-0.2, 0) is 0 Å². The van der Waals surface area contributed by atoms with E-state index in [0.717, 1.165) is 4.88 Å². The second-order valence-corrected chi connectivity index (χ2v) is 5.27. The maximum Gasteiger partial charge on any atom is 0.255 e. The summed E-state index contributed by atoms with van der Waals surface area (Å²) in [5.41, 5.74) is 0. The van der Waals surface area contributed by atoms with E-state index in [0.29, 0.717) is 5.75 Å². The van der Waals surface area contributed by atoms with Crippen LogP contribution in [0.2, 0.25) is 0 Å². The summed E-state index contributed by atoms with van der Waals surface area (Å²) in [6.07, 6.45) is -0.818. The lowest BCUT2D eigenvalue weighted by atomic mass is 10.1. The van der Waals surface area contributed by atoms with Gasteiger partial charge in [-0.25, -0.2) is 0 Å². The summed E-state index contributed by atoms with van der Waals surface area (Å²) in [5, 5.41) is 21.9. The largest absolute Gasteiger partial charge is 0.385 e. The summed E-state index contributed by atoms with van der Waals surface area (Å²) in [5.74, 6) is 0.453. The first-order valence-corrected chi connectivity index (χ1v) is 6.09. The van der Waals surface area contributed by atoms with Crippen molar-refractivity contribution >= 4 is 23.1 Å². The molecule has 0 aromatic carbocycles. The molecule has 1 aromatic rings. The molecule has 0 aliphatic carbocycles. The maximum atomic E-state index is 10.8. The van der Waals surface area contributed by atoms with Gasteiger partial charge >= 0.3 is 0 Å². The summed E-state index contributed by atoms with van der Waals surface area (Å²) in [4.78, 5) is 11.4. The normalized spacial score (nSPS) is 31.9. The molecule has 2 heterocycles. The van der Waals surface area contributed by atoms with E-state index in [1.165, 1.54) is 23.1 Å². The number of hydrogen-bond donors (Lipinski definition) is 1. The Morgan fingerprint density at radius 3 is 3.00 bits per heavy atom. The highest BCUT2D eigenvalue weighted by Gasteiger charge is 2.45. The lowest BCUT2D eigenvalue weighted by molar-refractivity contribution is -0.531. The maximum absolute atomic E-state index is 10.8. The molecule has 0 bridgehead atoms. The van der Waals surface area contributed by atoms with Crippen molar-refractivity contribution in [3.05, 3.63) is 32.5 Å². The van der Waals surface area contributed by atoms with Crippen molar-refractivity contribution in [3.8, 4) is 0 Å². The minimum atomic E-state index is -0.848. The quantitative estimate of drug-likeness (QED) is 0.619. The molecule has 0 spiro atoms. The fraction of sp³-hybridized carbons (Fsp3) is 0.500. The van der Waals surface area contributed by atoms with Crippen molar-refractivity contribution in [1.82, 2.24) is 0 Å². The summed E-state index contributed by atoms with van der Waals surface area (Å²) in [7, 11) is 0. The minimum Gasteiger partial charge on any atom is -0.385 e. The van der Waals surface area contributed by atoms with Gasteiger partial charge in [-0.1, -0.05) is 6.07 Å². The second-order valence-electron chi connectivity index (χ2n) is 3.11. The monoisotopic (exact) mass is 231 g/mol. The number of thioether (sulfide) groups is 1. The van der Waals surface area contributed by atoms with E-state index in [-0.39, 0.29) is 10.2 Å². The Hall–Kier alpha value is -0.590. The van der Waals surface area contributed by atoms with Gasteiger partial charge in [-0.2, -0.15) is 0 Å². The molecule has 14 heavy (non-hydrogen) atoms. The molecule has 0 unspecified atom stereocenters. The molecule has 1 aliphatic heterocycles. The van der Waals surface area contributed by atoms with Gasteiger partial charge < -0.3 is 5.11 Å². The number of aliphatic hydroxyl groups excluding tert-OH is 1. The van der Waals surface area contributed by atoms with Crippen molar-refractivity contribution in [2.24, 2.45) is 0 Å². The minimum absolute atomic E-state index is 0.181. The average Bonchev–Trinajstić information content (AvgIpc) is 2.70. The molecule has 6 heteroatoms. The average molecular weight is 231 g/mol. The first-order valence-electron chi connectivity index (χ1n) is 4.16. The van der Waals surface area contributed by atoms with Gasteiger partial charge in [0.1, 0.15) is 11.4 Å². The number of thiophene rings is 1. The van der Waals surface area contributed by atoms with Gasteiger partial charge in [0.25, 0.3) is 6.04 Å². The zero-order valence-electron chi connectivity index (χ0n) is 7.20. The molecule has 0 amide bonds. The number of hydrogen-bond acceptors (Lipinski definition) is 5. The molecular formula is C8H9NO3S2. The van der Waals surface area contributed by atoms with Gasteiger partial charge in [-0.3, -0.25) is 10.1 Å². The highest BCUT2D eigenvalue weighted by Crippen LogP contribution is 2.43. The molecule has 1 saturated heterocycles. The van der Waals surface area contributed by atoms with Crippen LogP contribution >= 0.6 is 23.1 Å². The Morgan fingerprint density at radius 1 is 1.64 bits per heavy atom. The molecule has 0 saturated carbocycles. The van der Waals surface area contributed by atoms with Crippen molar-refractivity contribution in [3.63, 3.8) is 0 Å². The molecule has 1 fully saturated rings. The lowest BCUT2D eigenvalue weighted by Crippen LogP contribution is -2.33. The van der Waals surface area contributed by atoms with Gasteiger partial charge in [-0.15, -0.1) is 23.1 Å². The van der Waals surface area contributed by atoms with Crippen LogP contribution in [0.1, 0.15) is 10.1 Å². The van der Waals surface area contributed by atoms with E-state index in [4.69, 9.17) is 0 Å². The van der Waals surface area contributed by atoms with Crippen LogP contribution in [-0.4, -0.2) is 27.9 Å². The molecule has 3 atom stereocenters. The second kappa shape index (κ2) is 3.88. The van der Waals surface area contributed by atoms with Crippen LogP contribution in [0.15, 0.2) is 17.5 Å². The van der Waals surface area contributed by atoms with Crippen LogP contribution in [0.3, 0.4) is 0 Å². The lowest BCUT2D eigenvalue weighted by Gasteiger charge is -2.11. The van der Waals surface area contributed by atoms with E-state index in [9.17, 15) is 15.2 Å². The molecule has 4 nitrogen and oxygen atoms in total. The van der Waals surface area contributed by atoms with Gasteiger partial charge in [0, 0.05) is 15.6 Å². The third kappa shape index (κ3) is 1.65. The number of nitrogens with zero attached hydrogens (tertiary/aromatic N) is 1. The van der Waals surface area contributed by atoms with E-state index in [2.05, 4.69) is 0 Å². The SMILES string of the molecule is O=[N+]([O-])[C@@H]1[C@@H](O)CS[C@H]1c1cccs1. The molecule has 76 valence electrons. The Bertz CT molecular complexity index is 327. The Kier molecular flexibility index (Phi) is 2.76. The van der Waals surface area contributed by atoms with Gasteiger partial charge in [0.15, 0.2) is 0 Å². The smallest absolute Gasteiger partial charge is 0.255 e. The Balaban J connectivity index is 2.24. The number of aliphatic hydroxyl groups is 1. The van der Waals surface area contributed by atoms with Crippen molar-refractivity contribution < 1.29 is 10.0 Å². The van der Waals surface area contributed by atoms with Gasteiger partial charge in [0.05, 0.1) is 0 Å². The fourth-order valence-corrected chi connectivity index (χ4v) is 3.99. The molecule has 1 aliphatic rings. The van der Waals surface area contributed by atoms with E-state index < -0.39 is 12.1 Å². The highest BCUT2D eigenvalue weighted by molar-refractivity contribution is 8.00. The summed E-state index contributed by atoms with van der Waals surface area (Å²) < 4.78 is 0. The van der Waals surface area contributed by atoms with Crippen molar-refractivity contribution in [1.29, 1.82) is 0 Å². The first-order chi connectivity index (χ1) is 6.70. The van der Waals surface area contributed by atoms with Crippen molar-refractivity contribution in [2.75, 3.05) is 5.75 Å². The van der Waals surface area contributed by atoms with Crippen molar-refractivity contribution in [2.45, 2.75) is 17.4 Å². The molecule has 1 aromatic heterocycles. The predicted octanol–water partition coefficient (Wildman–Crippen LogP) is 1.54. The van der Waals surface area contributed by atoms with E-state index in [1.807, 2.05) is 17.5 Å². The molecular weight excluding hydrogens is 222 g/mol. The fourth-order valence-electron chi connectivity index (χ4n) is 1.56. The third-order valence-electron chi connectivity index (χ3n) is 2.22. The van der Waals surface area contributed by atoms with Crippen LogP contribution in [0.4, 0.5) is 0 Å². The van der Waals surface area contributed by atoms with Gasteiger partial charge in [0.2, 0.25) is 0 Å². The topological polar surface area (TPSA) is 63.4 Å². The summed E-state index contributed by atoms with van der Waals surface area (Å²) in [6.45, 7) is 0. The van der Waals surface area contributed by atoms with E-state index in [1.54, 1.807) is 0 Å². The number of rotatable bonds is 2. The van der Waals surface area contributed by atoms with Crippen LogP contribution < -0.4 is 0 Å². The zero-order valence-corrected chi connectivity index (χ0v) is 8.83. The Morgan fingerprint density at radius 2 is 2.43 bits per heavy atom. The van der Waals surface area contributed by atoms with E-state index >= 15 is 0 Å².